The van der Waals surface area contributed by atoms with E-state index in [9.17, 15) is 9.59 Å². The largest absolute Gasteiger partial charge is 0.480 e. The number of carboxylic acids is 1. The molecule has 104 valence electrons. The van der Waals surface area contributed by atoms with Crippen molar-refractivity contribution in [3.05, 3.63) is 28.2 Å². The summed E-state index contributed by atoms with van der Waals surface area (Å²) in [6.45, 7) is 3.70. The molecule has 0 aromatic heterocycles. The fourth-order valence-corrected chi connectivity index (χ4v) is 2.39. The van der Waals surface area contributed by atoms with Crippen molar-refractivity contribution < 1.29 is 14.7 Å². The zero-order valence-electron chi connectivity index (χ0n) is 10.9. The first-order valence-corrected chi connectivity index (χ1v) is 6.74. The molecule has 1 amide bonds. The molecule has 1 rings (SSSR count). The van der Waals surface area contributed by atoms with E-state index in [-0.39, 0.29) is 12.6 Å². The molecule has 3 N–H and O–H groups in total. The van der Waals surface area contributed by atoms with Crippen LogP contribution >= 0.6 is 15.9 Å². The van der Waals surface area contributed by atoms with Gasteiger partial charge in [0.25, 0.3) is 5.91 Å². The lowest BCUT2D eigenvalue weighted by atomic mass is 10.1. The van der Waals surface area contributed by atoms with Crippen LogP contribution in [0.5, 0.6) is 0 Å². The number of anilines is 1. The lowest BCUT2D eigenvalue weighted by Crippen LogP contribution is -2.38. The average Bonchev–Trinajstić information content (AvgIpc) is 2.34. The van der Waals surface area contributed by atoms with Gasteiger partial charge in [-0.25, -0.2) is 0 Å². The molecule has 0 aliphatic rings. The number of halogens is 1. The zero-order chi connectivity index (χ0) is 14.6. The Morgan fingerprint density at radius 2 is 2.11 bits per heavy atom. The topological polar surface area (TPSA) is 83.6 Å². The quantitative estimate of drug-likeness (QED) is 0.838. The highest BCUT2D eigenvalue weighted by Crippen LogP contribution is 2.29. The smallest absolute Gasteiger partial charge is 0.323 e. The Labute approximate surface area is 120 Å². The molecular weight excluding hydrogens is 312 g/mol. The minimum Gasteiger partial charge on any atom is -0.480 e. The number of benzene rings is 1. The van der Waals surface area contributed by atoms with Crippen LogP contribution in [0.25, 0.3) is 0 Å². The average molecular weight is 329 g/mol. The first kappa shape index (κ1) is 15.5. The van der Waals surface area contributed by atoms with Gasteiger partial charge in [-0.15, -0.1) is 0 Å². The fourth-order valence-electron chi connectivity index (χ4n) is 1.84. The summed E-state index contributed by atoms with van der Waals surface area (Å²) in [5, 5.41) is 9.02. The third kappa shape index (κ3) is 3.70. The van der Waals surface area contributed by atoms with E-state index in [4.69, 9.17) is 10.8 Å². The molecule has 0 aliphatic carbocycles. The highest BCUT2D eigenvalue weighted by molar-refractivity contribution is 9.10. The number of carbonyl (C=O) groups is 2. The van der Waals surface area contributed by atoms with Crippen LogP contribution in [0, 0.1) is 0 Å². The zero-order valence-corrected chi connectivity index (χ0v) is 12.5. The van der Waals surface area contributed by atoms with Gasteiger partial charge in [0.2, 0.25) is 0 Å². The molecule has 1 aromatic rings. The summed E-state index contributed by atoms with van der Waals surface area (Å²) in [4.78, 5) is 24.2. The maximum Gasteiger partial charge on any atom is 0.323 e. The third-order valence-electron chi connectivity index (χ3n) is 2.98. The molecule has 1 atom stereocenters. The Kier molecular flexibility index (Phi) is 5.35. The Bertz CT molecular complexity index is 491. The molecule has 5 nitrogen and oxygen atoms in total. The van der Waals surface area contributed by atoms with Crippen LogP contribution in [0.4, 0.5) is 5.69 Å². The van der Waals surface area contributed by atoms with Gasteiger partial charge in [-0.2, -0.15) is 0 Å². The second-order valence-electron chi connectivity index (χ2n) is 4.28. The highest BCUT2D eigenvalue weighted by Gasteiger charge is 2.22. The van der Waals surface area contributed by atoms with E-state index in [2.05, 4.69) is 15.9 Å². The summed E-state index contributed by atoms with van der Waals surface area (Å²) in [7, 11) is 0. The van der Waals surface area contributed by atoms with E-state index in [1.165, 1.54) is 0 Å². The van der Waals surface area contributed by atoms with Crippen molar-refractivity contribution in [2.24, 2.45) is 5.73 Å². The summed E-state index contributed by atoms with van der Waals surface area (Å²) >= 11 is 3.28. The lowest BCUT2D eigenvalue weighted by molar-refractivity contribution is -0.135. The molecule has 1 unspecified atom stereocenters. The molecule has 0 saturated carbocycles. The summed E-state index contributed by atoms with van der Waals surface area (Å²) in [5.74, 6) is -1.53. The van der Waals surface area contributed by atoms with Gasteiger partial charge in [-0.1, -0.05) is 13.0 Å². The standard InChI is InChI=1S/C13H17BrN2O3/c1-3-8(2)16(7-11(17)18)10-6-4-5-9(14)12(10)13(15)19/h4-6,8H,3,7H2,1-2H3,(H2,15,19)(H,17,18). The second-order valence-corrected chi connectivity index (χ2v) is 5.13. The molecule has 0 heterocycles. The van der Waals surface area contributed by atoms with Gasteiger partial charge in [-0.05, 0) is 41.4 Å². The molecule has 1 aromatic carbocycles. The molecule has 0 aliphatic heterocycles. The summed E-state index contributed by atoms with van der Waals surface area (Å²) < 4.78 is 0.566. The minimum atomic E-state index is -0.948. The molecular formula is C13H17BrN2O3. The van der Waals surface area contributed by atoms with E-state index in [0.717, 1.165) is 6.42 Å². The van der Waals surface area contributed by atoms with E-state index < -0.39 is 11.9 Å². The number of carboxylic acid groups (broad SMARTS) is 1. The predicted octanol–water partition coefficient (Wildman–Crippen LogP) is 2.24. The summed E-state index contributed by atoms with van der Waals surface area (Å²) in [5.41, 5.74) is 6.23. The monoisotopic (exact) mass is 328 g/mol. The molecule has 19 heavy (non-hydrogen) atoms. The van der Waals surface area contributed by atoms with Gasteiger partial charge < -0.3 is 15.7 Å². The van der Waals surface area contributed by atoms with Crippen LogP contribution in [-0.4, -0.2) is 29.6 Å². The minimum absolute atomic E-state index is 0.0106. The number of amides is 1. The maximum atomic E-state index is 11.6. The van der Waals surface area contributed by atoms with E-state index in [1.807, 2.05) is 13.8 Å². The van der Waals surface area contributed by atoms with Crippen LogP contribution in [0.3, 0.4) is 0 Å². The van der Waals surface area contributed by atoms with Gasteiger partial charge in [-0.3, -0.25) is 9.59 Å². The first-order chi connectivity index (χ1) is 8.88. The van der Waals surface area contributed by atoms with Crippen LogP contribution < -0.4 is 10.6 Å². The molecule has 0 spiro atoms. The van der Waals surface area contributed by atoms with Crippen molar-refractivity contribution in [1.82, 2.24) is 0 Å². The SMILES string of the molecule is CCC(C)N(CC(=O)O)c1cccc(Br)c1C(N)=O. The predicted molar refractivity (Wildman–Crippen MR) is 77.4 cm³/mol. The molecule has 0 saturated heterocycles. The Hall–Kier alpha value is -1.56. The Morgan fingerprint density at radius 1 is 1.47 bits per heavy atom. The summed E-state index contributed by atoms with van der Waals surface area (Å²) in [6, 6.07) is 5.16. The van der Waals surface area contributed by atoms with Crippen LogP contribution in [0.2, 0.25) is 0 Å². The van der Waals surface area contributed by atoms with Gasteiger partial charge >= 0.3 is 5.97 Å². The Balaban J connectivity index is 3.33. The fraction of sp³-hybridized carbons (Fsp3) is 0.385. The van der Waals surface area contributed by atoms with Crippen LogP contribution in [0.15, 0.2) is 22.7 Å². The van der Waals surface area contributed by atoms with Crippen molar-refractivity contribution in [3.8, 4) is 0 Å². The van der Waals surface area contributed by atoms with Crippen molar-refractivity contribution >= 4 is 33.5 Å². The van der Waals surface area contributed by atoms with Crippen molar-refractivity contribution in [2.45, 2.75) is 26.3 Å². The number of nitrogens with two attached hydrogens (primary N) is 1. The first-order valence-electron chi connectivity index (χ1n) is 5.95. The maximum absolute atomic E-state index is 11.6. The van der Waals surface area contributed by atoms with E-state index >= 15 is 0 Å². The highest BCUT2D eigenvalue weighted by atomic mass is 79.9. The van der Waals surface area contributed by atoms with E-state index in [1.54, 1.807) is 23.1 Å². The summed E-state index contributed by atoms with van der Waals surface area (Å²) in [6.07, 6.45) is 0.762. The van der Waals surface area contributed by atoms with E-state index in [0.29, 0.717) is 15.7 Å². The normalized spacial score (nSPS) is 11.9. The van der Waals surface area contributed by atoms with Gasteiger partial charge in [0.05, 0.1) is 11.3 Å². The molecule has 0 bridgehead atoms. The van der Waals surface area contributed by atoms with Crippen molar-refractivity contribution in [2.75, 3.05) is 11.4 Å². The second kappa shape index (κ2) is 6.56. The molecule has 6 heteroatoms. The van der Waals surface area contributed by atoms with Gasteiger partial charge in [0.15, 0.2) is 0 Å². The number of hydrogen-bond acceptors (Lipinski definition) is 3. The number of nitrogens with zero attached hydrogens (tertiary/aromatic N) is 1. The number of primary amides is 1. The number of aliphatic carboxylic acids is 1. The lowest BCUT2D eigenvalue weighted by Gasteiger charge is -2.30. The Morgan fingerprint density at radius 3 is 2.58 bits per heavy atom. The van der Waals surface area contributed by atoms with Crippen molar-refractivity contribution in [3.63, 3.8) is 0 Å². The number of hydrogen-bond donors (Lipinski definition) is 2. The number of rotatable bonds is 6. The van der Waals surface area contributed by atoms with Crippen molar-refractivity contribution in [1.29, 1.82) is 0 Å². The third-order valence-corrected chi connectivity index (χ3v) is 3.64. The van der Waals surface area contributed by atoms with Crippen LogP contribution in [0.1, 0.15) is 30.6 Å². The van der Waals surface area contributed by atoms with Gasteiger partial charge in [0.1, 0.15) is 6.54 Å². The number of carbonyl (C=O) groups excluding carboxylic acids is 1. The van der Waals surface area contributed by atoms with Gasteiger partial charge in [0, 0.05) is 10.5 Å². The molecule has 0 radical (unpaired) electrons. The molecule has 0 fully saturated rings. The van der Waals surface area contributed by atoms with Crippen LogP contribution in [-0.2, 0) is 4.79 Å².